The zero-order valence-electron chi connectivity index (χ0n) is 11.7. The normalized spacial score (nSPS) is 30.2. The first-order valence-corrected chi connectivity index (χ1v) is 7.24. The summed E-state index contributed by atoms with van der Waals surface area (Å²) in [5.74, 6) is 1.55. The molecule has 3 heteroatoms. The van der Waals surface area contributed by atoms with Crippen molar-refractivity contribution >= 4 is 5.91 Å². The Hall–Kier alpha value is -1.35. The minimum Gasteiger partial charge on any atom is -0.342 e. The van der Waals surface area contributed by atoms with E-state index in [0.717, 1.165) is 26.2 Å². The number of nitrogens with one attached hydrogen (secondary N) is 1. The Bertz CT molecular complexity index is 475. The van der Waals surface area contributed by atoms with E-state index in [4.69, 9.17) is 0 Å². The van der Waals surface area contributed by atoms with Crippen LogP contribution in [0.4, 0.5) is 0 Å². The maximum Gasteiger partial charge on any atom is 0.231 e. The van der Waals surface area contributed by atoms with Gasteiger partial charge in [0.2, 0.25) is 5.91 Å². The molecular formula is C16H22N2O. The van der Waals surface area contributed by atoms with E-state index in [1.165, 1.54) is 11.1 Å². The second-order valence-electron chi connectivity index (χ2n) is 6.08. The highest BCUT2D eigenvalue weighted by atomic mass is 16.2. The summed E-state index contributed by atoms with van der Waals surface area (Å²) in [5.41, 5.74) is 2.49. The molecule has 0 aromatic heterocycles. The van der Waals surface area contributed by atoms with Crippen molar-refractivity contribution < 1.29 is 4.79 Å². The van der Waals surface area contributed by atoms with Crippen molar-refractivity contribution in [3.05, 3.63) is 35.4 Å². The van der Waals surface area contributed by atoms with Gasteiger partial charge in [0.05, 0.1) is 5.92 Å². The van der Waals surface area contributed by atoms with E-state index in [0.29, 0.717) is 17.7 Å². The molecule has 102 valence electrons. The van der Waals surface area contributed by atoms with Crippen molar-refractivity contribution in [2.75, 3.05) is 19.6 Å². The summed E-state index contributed by atoms with van der Waals surface area (Å²) in [6.07, 6.45) is 0. The van der Waals surface area contributed by atoms with Crippen LogP contribution in [0.25, 0.3) is 0 Å². The lowest BCUT2D eigenvalue weighted by molar-refractivity contribution is -0.132. The average molecular weight is 258 g/mol. The van der Waals surface area contributed by atoms with Gasteiger partial charge >= 0.3 is 0 Å². The molecule has 1 amide bonds. The first-order valence-electron chi connectivity index (χ1n) is 7.24. The molecule has 2 aliphatic rings. The quantitative estimate of drug-likeness (QED) is 0.835. The zero-order valence-corrected chi connectivity index (χ0v) is 11.7. The largest absolute Gasteiger partial charge is 0.342 e. The molecule has 1 aromatic carbocycles. The fourth-order valence-corrected chi connectivity index (χ4v) is 3.25. The number of amides is 1. The van der Waals surface area contributed by atoms with Crippen LogP contribution in [0.2, 0.25) is 0 Å². The van der Waals surface area contributed by atoms with Crippen LogP contribution in [0, 0.1) is 11.8 Å². The number of likely N-dealkylation sites (tertiary alicyclic amines) is 1. The summed E-state index contributed by atoms with van der Waals surface area (Å²) >= 11 is 0. The van der Waals surface area contributed by atoms with E-state index >= 15 is 0 Å². The standard InChI is InChI=1S/C16H22N2O/c1-11-9-18(10-12(11)2)16(19)15-8-17-7-13-5-3-4-6-14(13)15/h3-6,11-12,15,17H,7-10H2,1-2H3. The van der Waals surface area contributed by atoms with E-state index in [1.807, 2.05) is 12.1 Å². The maximum absolute atomic E-state index is 12.7. The monoisotopic (exact) mass is 258 g/mol. The summed E-state index contributed by atoms with van der Waals surface area (Å²) in [7, 11) is 0. The highest BCUT2D eigenvalue weighted by molar-refractivity contribution is 5.85. The molecule has 1 N–H and O–H groups in total. The van der Waals surface area contributed by atoms with Gasteiger partial charge in [0.1, 0.15) is 0 Å². The number of fused-ring (bicyclic) bond motifs is 1. The molecule has 3 atom stereocenters. The molecule has 0 bridgehead atoms. The molecule has 1 fully saturated rings. The lowest BCUT2D eigenvalue weighted by Gasteiger charge is -2.29. The van der Waals surface area contributed by atoms with Crippen molar-refractivity contribution in [1.29, 1.82) is 0 Å². The number of hydrogen-bond acceptors (Lipinski definition) is 2. The highest BCUT2D eigenvalue weighted by Crippen LogP contribution is 2.29. The van der Waals surface area contributed by atoms with Crippen LogP contribution in [-0.4, -0.2) is 30.4 Å². The first-order chi connectivity index (χ1) is 9.16. The molecule has 1 saturated heterocycles. The van der Waals surface area contributed by atoms with Gasteiger partial charge in [-0.05, 0) is 23.0 Å². The minimum absolute atomic E-state index is 0.00227. The molecule has 19 heavy (non-hydrogen) atoms. The van der Waals surface area contributed by atoms with Crippen molar-refractivity contribution in [3.8, 4) is 0 Å². The smallest absolute Gasteiger partial charge is 0.231 e. The van der Waals surface area contributed by atoms with Crippen molar-refractivity contribution in [3.63, 3.8) is 0 Å². The number of benzene rings is 1. The highest BCUT2D eigenvalue weighted by Gasteiger charge is 2.35. The van der Waals surface area contributed by atoms with Gasteiger partial charge in [-0.15, -0.1) is 0 Å². The van der Waals surface area contributed by atoms with Crippen LogP contribution < -0.4 is 5.32 Å². The number of nitrogens with zero attached hydrogens (tertiary/aromatic N) is 1. The van der Waals surface area contributed by atoms with Gasteiger partial charge in [0, 0.05) is 26.2 Å². The van der Waals surface area contributed by atoms with Crippen LogP contribution in [0.5, 0.6) is 0 Å². The van der Waals surface area contributed by atoms with Crippen LogP contribution in [0.3, 0.4) is 0 Å². The topological polar surface area (TPSA) is 32.3 Å². The Morgan fingerprint density at radius 2 is 1.89 bits per heavy atom. The fourth-order valence-electron chi connectivity index (χ4n) is 3.25. The van der Waals surface area contributed by atoms with Crippen LogP contribution >= 0.6 is 0 Å². The van der Waals surface area contributed by atoms with Crippen LogP contribution in [0.1, 0.15) is 30.9 Å². The predicted molar refractivity (Wildman–Crippen MR) is 75.8 cm³/mol. The van der Waals surface area contributed by atoms with Gasteiger partial charge in [-0.2, -0.15) is 0 Å². The lowest BCUT2D eigenvalue weighted by Crippen LogP contribution is -2.40. The molecule has 3 rings (SSSR count). The molecule has 3 nitrogen and oxygen atoms in total. The van der Waals surface area contributed by atoms with E-state index in [9.17, 15) is 4.79 Å². The SMILES string of the molecule is CC1CN(C(=O)C2CNCc3ccccc32)CC1C. The molecule has 0 saturated carbocycles. The van der Waals surface area contributed by atoms with E-state index in [-0.39, 0.29) is 5.92 Å². The molecule has 0 aliphatic carbocycles. The van der Waals surface area contributed by atoms with Crippen LogP contribution in [-0.2, 0) is 11.3 Å². The fraction of sp³-hybridized carbons (Fsp3) is 0.562. The van der Waals surface area contributed by atoms with Crippen LogP contribution in [0.15, 0.2) is 24.3 Å². The summed E-state index contributed by atoms with van der Waals surface area (Å²) in [4.78, 5) is 14.8. The Morgan fingerprint density at radius 3 is 2.63 bits per heavy atom. The first kappa shape index (κ1) is 12.7. The number of rotatable bonds is 1. The van der Waals surface area contributed by atoms with Crippen molar-refractivity contribution in [2.45, 2.75) is 26.3 Å². The zero-order chi connectivity index (χ0) is 13.4. The summed E-state index contributed by atoms with van der Waals surface area (Å²) in [5, 5.41) is 3.37. The third kappa shape index (κ3) is 2.27. The summed E-state index contributed by atoms with van der Waals surface area (Å²) < 4.78 is 0. The Kier molecular flexibility index (Phi) is 3.31. The molecule has 1 aromatic rings. The lowest BCUT2D eigenvalue weighted by atomic mass is 9.90. The van der Waals surface area contributed by atoms with E-state index in [1.54, 1.807) is 0 Å². The van der Waals surface area contributed by atoms with Gasteiger partial charge in [0.15, 0.2) is 0 Å². The Labute approximate surface area is 115 Å². The molecule has 2 heterocycles. The Morgan fingerprint density at radius 1 is 1.21 bits per heavy atom. The average Bonchev–Trinajstić information content (AvgIpc) is 2.77. The summed E-state index contributed by atoms with van der Waals surface area (Å²) in [6, 6.07) is 8.33. The summed E-state index contributed by atoms with van der Waals surface area (Å²) in [6.45, 7) is 7.97. The second-order valence-corrected chi connectivity index (χ2v) is 6.08. The number of carbonyl (C=O) groups is 1. The van der Waals surface area contributed by atoms with Gasteiger partial charge < -0.3 is 10.2 Å². The van der Waals surface area contributed by atoms with Gasteiger partial charge in [-0.1, -0.05) is 38.1 Å². The molecule has 0 spiro atoms. The number of hydrogen-bond donors (Lipinski definition) is 1. The molecule has 0 radical (unpaired) electrons. The van der Waals surface area contributed by atoms with Gasteiger partial charge in [-0.3, -0.25) is 4.79 Å². The second kappa shape index (κ2) is 4.97. The van der Waals surface area contributed by atoms with E-state index < -0.39 is 0 Å². The minimum atomic E-state index is 0.00227. The van der Waals surface area contributed by atoms with E-state index in [2.05, 4.69) is 36.2 Å². The maximum atomic E-state index is 12.7. The van der Waals surface area contributed by atoms with Crippen molar-refractivity contribution in [2.24, 2.45) is 11.8 Å². The van der Waals surface area contributed by atoms with Crippen molar-refractivity contribution in [1.82, 2.24) is 10.2 Å². The molecule has 3 unspecified atom stereocenters. The third-order valence-electron chi connectivity index (χ3n) is 4.69. The van der Waals surface area contributed by atoms with Gasteiger partial charge in [0.25, 0.3) is 0 Å². The third-order valence-corrected chi connectivity index (χ3v) is 4.69. The molecule has 2 aliphatic heterocycles. The predicted octanol–water partition coefficient (Wildman–Crippen LogP) is 1.99. The number of carbonyl (C=O) groups excluding carboxylic acids is 1. The van der Waals surface area contributed by atoms with Gasteiger partial charge in [-0.25, -0.2) is 0 Å². The Balaban J connectivity index is 1.82. The molecular weight excluding hydrogens is 236 g/mol.